The van der Waals surface area contributed by atoms with Crippen LogP contribution in [0.15, 0.2) is 12.1 Å². The van der Waals surface area contributed by atoms with Crippen LogP contribution in [-0.4, -0.2) is 0 Å². The summed E-state index contributed by atoms with van der Waals surface area (Å²) in [6, 6.07) is 2.53. The van der Waals surface area contributed by atoms with Gasteiger partial charge in [0.2, 0.25) is 5.69 Å². The highest BCUT2D eigenvalue weighted by Gasteiger charge is 2.34. The maximum Gasteiger partial charge on any atom is 0.415 e. The summed E-state index contributed by atoms with van der Waals surface area (Å²) < 4.78 is 50.5. The summed E-state index contributed by atoms with van der Waals surface area (Å²) in [5.74, 6) is -1.05. The van der Waals surface area contributed by atoms with Crippen LogP contribution in [-0.2, 0) is 12.6 Å². The lowest BCUT2D eigenvalue weighted by molar-refractivity contribution is -0.138. The molecule has 0 radical (unpaired) electrons. The smallest absolute Gasteiger partial charge is 0.235 e. The molecule has 0 heterocycles. The molecule has 2 nitrogen and oxygen atoms in total. The van der Waals surface area contributed by atoms with Crippen LogP contribution in [0.3, 0.4) is 0 Å². The van der Waals surface area contributed by atoms with Crippen LogP contribution in [0.25, 0.3) is 4.85 Å². The van der Waals surface area contributed by atoms with Crippen molar-refractivity contribution < 1.29 is 17.6 Å². The van der Waals surface area contributed by atoms with Crippen LogP contribution >= 0.6 is 0 Å². The van der Waals surface area contributed by atoms with Crippen molar-refractivity contribution in [3.63, 3.8) is 0 Å². The average molecular weight is 228 g/mol. The third-order valence-electron chi connectivity index (χ3n) is 1.87. The van der Waals surface area contributed by atoms with Gasteiger partial charge in [-0.25, -0.2) is 9.24 Å². The largest absolute Gasteiger partial charge is 0.415 e. The van der Waals surface area contributed by atoms with E-state index in [9.17, 15) is 17.6 Å². The van der Waals surface area contributed by atoms with E-state index < -0.39 is 35.2 Å². The fourth-order valence-corrected chi connectivity index (χ4v) is 1.18. The first-order chi connectivity index (χ1) is 7.40. The Bertz CT molecular complexity index is 491. The molecule has 0 bridgehead atoms. The third kappa shape index (κ3) is 2.29. The van der Waals surface area contributed by atoms with Crippen molar-refractivity contribution in [1.29, 1.82) is 5.26 Å². The monoisotopic (exact) mass is 228 g/mol. The number of alkyl halides is 3. The van der Waals surface area contributed by atoms with Gasteiger partial charge in [0.05, 0.1) is 19.1 Å². The van der Waals surface area contributed by atoms with Crippen molar-refractivity contribution in [2.24, 2.45) is 0 Å². The van der Waals surface area contributed by atoms with E-state index in [1.807, 2.05) is 0 Å². The first-order valence-corrected chi connectivity index (χ1v) is 4.04. The molecule has 0 aliphatic rings. The molecule has 6 heteroatoms. The molecule has 82 valence electrons. The molecule has 0 amide bonds. The number of nitriles is 1. The number of hydrogen-bond acceptors (Lipinski definition) is 1. The predicted molar refractivity (Wildman–Crippen MR) is 47.0 cm³/mol. The molecule has 16 heavy (non-hydrogen) atoms. The van der Waals surface area contributed by atoms with Crippen molar-refractivity contribution in [2.75, 3.05) is 0 Å². The molecule has 0 atom stereocenters. The van der Waals surface area contributed by atoms with Crippen molar-refractivity contribution in [3.05, 3.63) is 40.5 Å². The fourth-order valence-electron chi connectivity index (χ4n) is 1.18. The van der Waals surface area contributed by atoms with E-state index in [0.717, 1.165) is 0 Å². The summed E-state index contributed by atoms with van der Waals surface area (Å²) in [6.45, 7) is 6.51. The molecule has 0 unspecified atom stereocenters. The Morgan fingerprint density at radius 2 is 2.00 bits per heavy atom. The lowest BCUT2D eigenvalue weighted by Gasteiger charge is -2.11. The van der Waals surface area contributed by atoms with Crippen LogP contribution in [0.1, 0.15) is 11.1 Å². The maximum absolute atomic E-state index is 13.1. The Morgan fingerprint density at radius 3 is 2.44 bits per heavy atom. The minimum Gasteiger partial charge on any atom is -0.235 e. The van der Waals surface area contributed by atoms with Gasteiger partial charge < -0.3 is 0 Å². The van der Waals surface area contributed by atoms with Crippen molar-refractivity contribution in [2.45, 2.75) is 12.6 Å². The Balaban J connectivity index is 3.46. The van der Waals surface area contributed by atoms with Gasteiger partial charge in [-0.05, 0) is 17.7 Å². The summed E-state index contributed by atoms with van der Waals surface area (Å²) in [5, 5.41) is 8.33. The Hall–Kier alpha value is -2.08. The molecule has 0 spiro atoms. The lowest BCUT2D eigenvalue weighted by atomic mass is 10.0. The van der Waals surface area contributed by atoms with Gasteiger partial charge in [-0.3, -0.25) is 0 Å². The second-order valence-electron chi connectivity index (χ2n) is 2.91. The minimum atomic E-state index is -4.70. The molecule has 0 saturated heterocycles. The Kier molecular flexibility index (Phi) is 3.14. The van der Waals surface area contributed by atoms with Gasteiger partial charge in [-0.1, -0.05) is 0 Å². The zero-order valence-corrected chi connectivity index (χ0v) is 7.77. The van der Waals surface area contributed by atoms with E-state index in [-0.39, 0.29) is 0 Å². The molecule has 0 N–H and O–H groups in total. The van der Waals surface area contributed by atoms with Crippen LogP contribution < -0.4 is 0 Å². The van der Waals surface area contributed by atoms with Gasteiger partial charge in [0.1, 0.15) is 5.82 Å². The molecule has 0 fully saturated rings. The number of rotatable bonds is 1. The topological polar surface area (TPSA) is 28.1 Å². The number of halogens is 4. The Morgan fingerprint density at radius 1 is 1.38 bits per heavy atom. The molecule has 0 saturated carbocycles. The van der Waals surface area contributed by atoms with Crippen LogP contribution in [0.5, 0.6) is 0 Å². The third-order valence-corrected chi connectivity index (χ3v) is 1.87. The van der Waals surface area contributed by atoms with Crippen LogP contribution in [0.2, 0.25) is 0 Å². The summed E-state index contributed by atoms with van der Waals surface area (Å²) in [7, 11) is 0. The van der Waals surface area contributed by atoms with Gasteiger partial charge in [0.25, 0.3) is 0 Å². The van der Waals surface area contributed by atoms with Gasteiger partial charge >= 0.3 is 6.18 Å². The number of benzene rings is 1. The van der Waals surface area contributed by atoms with Gasteiger partial charge in [-0.15, -0.1) is 0 Å². The fraction of sp³-hybridized carbons (Fsp3) is 0.200. The molecule has 0 aliphatic heterocycles. The molecule has 1 aromatic carbocycles. The lowest BCUT2D eigenvalue weighted by Crippen LogP contribution is -2.09. The maximum atomic E-state index is 13.1. The minimum absolute atomic E-state index is 0.426. The summed E-state index contributed by atoms with van der Waals surface area (Å²) in [5.41, 5.74) is -2.30. The second kappa shape index (κ2) is 4.19. The second-order valence-corrected chi connectivity index (χ2v) is 2.91. The zero-order valence-electron chi connectivity index (χ0n) is 7.77. The van der Waals surface area contributed by atoms with E-state index in [2.05, 4.69) is 4.85 Å². The zero-order chi connectivity index (χ0) is 12.3. The molecular weight excluding hydrogens is 224 g/mol. The van der Waals surface area contributed by atoms with Crippen molar-refractivity contribution in [3.8, 4) is 6.07 Å². The SMILES string of the molecule is [C-]#[N+]c1cc(C(F)(F)F)c(CC#N)cc1F. The van der Waals surface area contributed by atoms with Crippen LogP contribution in [0.4, 0.5) is 23.2 Å². The van der Waals surface area contributed by atoms with E-state index in [1.54, 1.807) is 0 Å². The summed E-state index contributed by atoms with van der Waals surface area (Å²) in [4.78, 5) is 2.64. The number of hydrogen-bond donors (Lipinski definition) is 0. The molecule has 1 aromatic rings. The van der Waals surface area contributed by atoms with E-state index in [4.69, 9.17) is 11.8 Å². The van der Waals surface area contributed by atoms with E-state index in [1.165, 1.54) is 6.07 Å². The van der Waals surface area contributed by atoms with Crippen molar-refractivity contribution in [1.82, 2.24) is 0 Å². The standard InChI is InChI=1S/C10H4F4N2/c1-16-9-5-7(10(12,13)14)6(2-3-15)4-8(9)11/h4-5H,2H2. The Labute approximate surface area is 88.5 Å². The van der Waals surface area contributed by atoms with Crippen molar-refractivity contribution >= 4 is 5.69 Å². The van der Waals surface area contributed by atoms with E-state index in [0.29, 0.717) is 12.1 Å². The highest BCUT2D eigenvalue weighted by molar-refractivity contribution is 5.52. The van der Waals surface area contributed by atoms with Gasteiger partial charge in [0, 0.05) is 5.56 Å². The van der Waals surface area contributed by atoms with Gasteiger partial charge in [-0.2, -0.15) is 18.4 Å². The first kappa shape index (κ1) is 12.0. The molecule has 0 aliphatic carbocycles. The molecule has 1 rings (SSSR count). The molecule has 0 aromatic heterocycles. The molecular formula is C10H4F4N2. The normalized spacial score (nSPS) is 10.6. The number of nitrogens with zero attached hydrogens (tertiary/aromatic N) is 2. The quantitative estimate of drug-likeness (QED) is 0.534. The average Bonchev–Trinajstić information content (AvgIpc) is 2.16. The summed E-state index contributed by atoms with van der Waals surface area (Å²) >= 11 is 0. The van der Waals surface area contributed by atoms with Gasteiger partial charge in [0.15, 0.2) is 0 Å². The predicted octanol–water partition coefficient (Wildman–Crippen LogP) is 3.46. The first-order valence-electron chi connectivity index (χ1n) is 4.04. The van der Waals surface area contributed by atoms with Crippen LogP contribution in [0, 0.1) is 23.7 Å². The summed E-state index contributed by atoms with van der Waals surface area (Å²) in [6.07, 6.45) is -5.25. The van der Waals surface area contributed by atoms with E-state index >= 15 is 0 Å². The highest BCUT2D eigenvalue weighted by Crippen LogP contribution is 2.35. The highest BCUT2D eigenvalue weighted by atomic mass is 19.4.